The zero-order valence-electron chi connectivity index (χ0n) is 15.9. The van der Waals surface area contributed by atoms with Crippen molar-refractivity contribution in [3.63, 3.8) is 0 Å². The van der Waals surface area contributed by atoms with E-state index in [0.29, 0.717) is 24.2 Å². The van der Waals surface area contributed by atoms with E-state index >= 15 is 0 Å². The van der Waals surface area contributed by atoms with Gasteiger partial charge in [0.1, 0.15) is 18.5 Å². The summed E-state index contributed by atoms with van der Waals surface area (Å²) in [7, 11) is 1.63. The second-order valence-electron chi connectivity index (χ2n) is 6.96. The Bertz CT molecular complexity index is 713. The number of aryl methyl sites for hydroxylation is 1. The van der Waals surface area contributed by atoms with Gasteiger partial charge in [0.25, 0.3) is 0 Å². The molecule has 0 bridgehead atoms. The van der Waals surface area contributed by atoms with Crippen LogP contribution in [0.25, 0.3) is 0 Å². The van der Waals surface area contributed by atoms with Crippen molar-refractivity contribution in [2.24, 2.45) is 5.92 Å². The van der Waals surface area contributed by atoms with Crippen molar-refractivity contribution in [1.29, 1.82) is 0 Å². The van der Waals surface area contributed by atoms with Crippen LogP contribution in [-0.4, -0.2) is 40.4 Å². The number of ether oxygens (including phenoxy) is 2. The molecule has 3 rings (SSSR count). The second-order valence-corrected chi connectivity index (χ2v) is 6.96. The third-order valence-electron chi connectivity index (χ3n) is 4.45. The Kier molecular flexibility index (Phi) is 6.16. The standard InChI is InChI=1S/C18H27N5O3/c1-11(2)17-22-18(26-23-17)16(13-5-7-25-8-6-13)21-14-9-12(3)19-15(20-14)10-24-4/h9,11,13,16H,5-8,10H2,1-4H3,(H,19,20,21)/t16-/m1/s1. The summed E-state index contributed by atoms with van der Waals surface area (Å²) in [5, 5.41) is 7.63. The fourth-order valence-corrected chi connectivity index (χ4v) is 3.10. The van der Waals surface area contributed by atoms with E-state index in [0.717, 1.165) is 43.4 Å². The van der Waals surface area contributed by atoms with Crippen LogP contribution in [0.15, 0.2) is 10.6 Å². The molecule has 1 aliphatic rings. The molecule has 26 heavy (non-hydrogen) atoms. The molecule has 1 fully saturated rings. The first-order chi connectivity index (χ1) is 12.6. The van der Waals surface area contributed by atoms with Crippen LogP contribution in [0.4, 0.5) is 5.82 Å². The number of nitrogens with zero attached hydrogens (tertiary/aromatic N) is 4. The minimum atomic E-state index is -0.108. The van der Waals surface area contributed by atoms with E-state index < -0.39 is 0 Å². The zero-order chi connectivity index (χ0) is 18.5. The normalized spacial score (nSPS) is 16.8. The molecule has 142 valence electrons. The quantitative estimate of drug-likeness (QED) is 0.804. The van der Waals surface area contributed by atoms with Crippen LogP contribution in [0, 0.1) is 12.8 Å². The van der Waals surface area contributed by atoms with Crippen molar-refractivity contribution < 1.29 is 14.0 Å². The molecule has 0 radical (unpaired) electrons. The van der Waals surface area contributed by atoms with E-state index in [2.05, 4.69) is 39.3 Å². The summed E-state index contributed by atoms with van der Waals surface area (Å²) in [6, 6.07) is 1.81. The number of methoxy groups -OCH3 is 1. The molecule has 0 aromatic carbocycles. The Balaban J connectivity index is 1.87. The largest absolute Gasteiger partial charge is 0.381 e. The van der Waals surface area contributed by atoms with E-state index in [9.17, 15) is 0 Å². The van der Waals surface area contributed by atoms with Crippen LogP contribution in [0.1, 0.15) is 61.9 Å². The Morgan fingerprint density at radius 3 is 2.65 bits per heavy atom. The summed E-state index contributed by atoms with van der Waals surface area (Å²) in [6.07, 6.45) is 1.87. The Morgan fingerprint density at radius 2 is 2.00 bits per heavy atom. The van der Waals surface area contributed by atoms with Crippen molar-refractivity contribution in [2.45, 2.75) is 52.2 Å². The van der Waals surface area contributed by atoms with Gasteiger partial charge in [-0.1, -0.05) is 19.0 Å². The first-order valence-corrected chi connectivity index (χ1v) is 9.08. The topological polar surface area (TPSA) is 95.2 Å². The molecule has 3 heterocycles. The average molecular weight is 361 g/mol. The first kappa shape index (κ1) is 18.7. The highest BCUT2D eigenvalue weighted by molar-refractivity contribution is 5.38. The van der Waals surface area contributed by atoms with E-state index in [1.807, 2.05) is 13.0 Å². The van der Waals surface area contributed by atoms with Crippen molar-refractivity contribution >= 4 is 5.82 Å². The van der Waals surface area contributed by atoms with Gasteiger partial charge in [-0.2, -0.15) is 4.98 Å². The van der Waals surface area contributed by atoms with Crippen molar-refractivity contribution in [1.82, 2.24) is 20.1 Å². The molecule has 0 amide bonds. The van der Waals surface area contributed by atoms with E-state index in [4.69, 9.17) is 14.0 Å². The highest BCUT2D eigenvalue weighted by Crippen LogP contribution is 2.32. The molecule has 8 heteroatoms. The maximum atomic E-state index is 5.59. The SMILES string of the molecule is COCc1nc(C)cc(N[C@@H](c2nc(C(C)C)no2)C2CCOCC2)n1. The molecule has 1 atom stereocenters. The van der Waals surface area contributed by atoms with Gasteiger partial charge in [-0.3, -0.25) is 0 Å². The molecular weight excluding hydrogens is 334 g/mol. The number of nitrogens with one attached hydrogen (secondary N) is 1. The van der Waals surface area contributed by atoms with Crippen LogP contribution in [0.5, 0.6) is 0 Å². The minimum Gasteiger partial charge on any atom is -0.381 e. The average Bonchev–Trinajstić information content (AvgIpc) is 3.10. The fraction of sp³-hybridized carbons (Fsp3) is 0.667. The molecule has 2 aromatic rings. The lowest BCUT2D eigenvalue weighted by molar-refractivity contribution is 0.0570. The van der Waals surface area contributed by atoms with Gasteiger partial charge in [-0.25, -0.2) is 9.97 Å². The van der Waals surface area contributed by atoms with Gasteiger partial charge < -0.3 is 19.3 Å². The number of rotatable bonds is 7. The Morgan fingerprint density at radius 1 is 1.23 bits per heavy atom. The lowest BCUT2D eigenvalue weighted by atomic mass is 9.91. The number of aromatic nitrogens is 4. The summed E-state index contributed by atoms with van der Waals surface area (Å²) in [4.78, 5) is 13.6. The molecular formula is C18H27N5O3. The lowest BCUT2D eigenvalue weighted by Crippen LogP contribution is -2.28. The van der Waals surface area contributed by atoms with E-state index in [-0.39, 0.29) is 12.0 Å². The minimum absolute atomic E-state index is 0.108. The summed E-state index contributed by atoms with van der Waals surface area (Å²) in [5.41, 5.74) is 0.883. The number of anilines is 1. The monoisotopic (exact) mass is 361 g/mol. The molecule has 0 spiro atoms. The highest BCUT2D eigenvalue weighted by Gasteiger charge is 2.31. The van der Waals surface area contributed by atoms with Crippen molar-refractivity contribution in [2.75, 3.05) is 25.6 Å². The lowest BCUT2D eigenvalue weighted by Gasteiger charge is -2.29. The molecule has 1 saturated heterocycles. The number of hydrogen-bond donors (Lipinski definition) is 1. The first-order valence-electron chi connectivity index (χ1n) is 9.08. The summed E-state index contributed by atoms with van der Waals surface area (Å²) < 4.78 is 16.3. The summed E-state index contributed by atoms with van der Waals surface area (Å²) >= 11 is 0. The van der Waals surface area contributed by atoms with Gasteiger partial charge in [-0.15, -0.1) is 0 Å². The van der Waals surface area contributed by atoms with Gasteiger partial charge in [0, 0.05) is 38.0 Å². The molecule has 8 nitrogen and oxygen atoms in total. The molecule has 0 saturated carbocycles. The van der Waals surface area contributed by atoms with Crippen LogP contribution in [-0.2, 0) is 16.1 Å². The zero-order valence-corrected chi connectivity index (χ0v) is 15.9. The summed E-state index contributed by atoms with van der Waals surface area (Å²) in [6.45, 7) is 7.90. The Hall–Kier alpha value is -2.06. The van der Waals surface area contributed by atoms with Crippen LogP contribution in [0.3, 0.4) is 0 Å². The smallest absolute Gasteiger partial charge is 0.249 e. The predicted molar refractivity (Wildman–Crippen MR) is 95.8 cm³/mol. The van der Waals surface area contributed by atoms with Crippen LogP contribution in [0.2, 0.25) is 0 Å². The summed E-state index contributed by atoms with van der Waals surface area (Å²) in [5.74, 6) is 3.27. The third-order valence-corrected chi connectivity index (χ3v) is 4.45. The fourth-order valence-electron chi connectivity index (χ4n) is 3.10. The molecule has 0 aliphatic carbocycles. The number of hydrogen-bond acceptors (Lipinski definition) is 8. The predicted octanol–water partition coefficient (Wildman–Crippen LogP) is 3.02. The van der Waals surface area contributed by atoms with E-state index in [1.54, 1.807) is 7.11 Å². The molecule has 0 unspecified atom stereocenters. The van der Waals surface area contributed by atoms with Gasteiger partial charge in [0.2, 0.25) is 5.89 Å². The van der Waals surface area contributed by atoms with Gasteiger partial charge in [0.15, 0.2) is 11.6 Å². The maximum absolute atomic E-state index is 5.59. The maximum Gasteiger partial charge on any atom is 0.249 e. The van der Waals surface area contributed by atoms with Crippen LogP contribution >= 0.6 is 0 Å². The Labute approximate surface area is 153 Å². The molecule has 1 N–H and O–H groups in total. The third kappa shape index (κ3) is 4.56. The highest BCUT2D eigenvalue weighted by atomic mass is 16.5. The van der Waals surface area contributed by atoms with Gasteiger partial charge >= 0.3 is 0 Å². The van der Waals surface area contributed by atoms with Crippen molar-refractivity contribution in [3.8, 4) is 0 Å². The molecule has 1 aliphatic heterocycles. The van der Waals surface area contributed by atoms with Crippen LogP contribution < -0.4 is 5.32 Å². The van der Waals surface area contributed by atoms with E-state index in [1.165, 1.54) is 0 Å². The van der Waals surface area contributed by atoms with Crippen molar-refractivity contribution in [3.05, 3.63) is 29.3 Å². The molecule has 2 aromatic heterocycles. The van der Waals surface area contributed by atoms with Gasteiger partial charge in [-0.05, 0) is 25.7 Å². The van der Waals surface area contributed by atoms with Gasteiger partial charge in [0.05, 0.1) is 0 Å². The second kappa shape index (κ2) is 8.55.